The second-order valence-corrected chi connectivity index (χ2v) is 4.80. The van der Waals surface area contributed by atoms with Gasteiger partial charge in [-0.2, -0.15) is 13.2 Å². The highest BCUT2D eigenvalue weighted by Gasteiger charge is 2.28. The van der Waals surface area contributed by atoms with Crippen molar-refractivity contribution in [2.75, 3.05) is 6.61 Å². The van der Waals surface area contributed by atoms with E-state index in [0.29, 0.717) is 5.56 Å². The van der Waals surface area contributed by atoms with Crippen molar-refractivity contribution in [2.24, 2.45) is 5.73 Å². The topological polar surface area (TPSA) is 35.2 Å². The molecule has 0 atom stereocenters. The molecule has 0 aliphatic carbocycles. The van der Waals surface area contributed by atoms with Gasteiger partial charge in [0.2, 0.25) is 0 Å². The molecule has 2 aromatic carbocycles. The molecule has 0 bridgehead atoms. The molecule has 0 aliphatic rings. The van der Waals surface area contributed by atoms with Crippen molar-refractivity contribution in [3.63, 3.8) is 0 Å². The molecule has 0 heterocycles. The zero-order chi connectivity index (χ0) is 15.5. The van der Waals surface area contributed by atoms with Gasteiger partial charge in [-0.05, 0) is 30.2 Å². The minimum Gasteiger partial charge on any atom is -0.484 e. The summed E-state index contributed by atoms with van der Waals surface area (Å²) in [5, 5.41) is 0. The predicted octanol–water partition coefficient (Wildman–Crippen LogP) is 4.06. The molecular weight excluding hydrogens is 279 g/mol. The van der Waals surface area contributed by atoms with E-state index in [0.717, 1.165) is 16.7 Å². The molecule has 0 amide bonds. The van der Waals surface area contributed by atoms with E-state index in [1.165, 1.54) is 6.07 Å². The summed E-state index contributed by atoms with van der Waals surface area (Å²) in [5.74, 6) is 0.172. The lowest BCUT2D eigenvalue weighted by atomic mass is 10.0. The Balaban J connectivity index is 2.28. The third-order valence-corrected chi connectivity index (χ3v) is 3.02. The molecule has 112 valence electrons. The Morgan fingerprint density at radius 2 is 1.76 bits per heavy atom. The molecule has 2 aromatic rings. The van der Waals surface area contributed by atoms with E-state index in [-0.39, 0.29) is 12.3 Å². The van der Waals surface area contributed by atoms with Gasteiger partial charge in [-0.1, -0.05) is 35.9 Å². The molecule has 2 N–H and O–H groups in total. The van der Waals surface area contributed by atoms with E-state index < -0.39 is 12.8 Å². The van der Waals surface area contributed by atoms with Gasteiger partial charge in [-0.25, -0.2) is 0 Å². The Morgan fingerprint density at radius 3 is 2.38 bits per heavy atom. The van der Waals surface area contributed by atoms with E-state index in [1.54, 1.807) is 12.1 Å². The van der Waals surface area contributed by atoms with Crippen molar-refractivity contribution in [1.82, 2.24) is 0 Å². The molecule has 0 fully saturated rings. The zero-order valence-electron chi connectivity index (χ0n) is 11.6. The van der Waals surface area contributed by atoms with E-state index in [1.807, 2.05) is 31.2 Å². The van der Waals surface area contributed by atoms with Gasteiger partial charge < -0.3 is 10.5 Å². The summed E-state index contributed by atoms with van der Waals surface area (Å²) in [6.07, 6.45) is -4.36. The van der Waals surface area contributed by atoms with Gasteiger partial charge in [-0.15, -0.1) is 0 Å². The lowest BCUT2D eigenvalue weighted by Gasteiger charge is -2.14. The number of rotatable bonds is 4. The van der Waals surface area contributed by atoms with Gasteiger partial charge in [0, 0.05) is 12.1 Å². The summed E-state index contributed by atoms with van der Waals surface area (Å²) in [6, 6.07) is 12.9. The Bertz CT molecular complexity index is 623. The molecule has 2 nitrogen and oxygen atoms in total. The van der Waals surface area contributed by atoms with Crippen LogP contribution in [-0.4, -0.2) is 12.8 Å². The molecule has 2 rings (SSSR count). The molecule has 0 saturated heterocycles. The number of nitrogens with two attached hydrogens (primary N) is 1. The highest BCUT2D eigenvalue weighted by Crippen LogP contribution is 2.28. The van der Waals surface area contributed by atoms with Crippen LogP contribution in [0.25, 0.3) is 11.1 Å². The fourth-order valence-electron chi connectivity index (χ4n) is 2.04. The van der Waals surface area contributed by atoms with Crippen LogP contribution >= 0.6 is 0 Å². The summed E-state index contributed by atoms with van der Waals surface area (Å²) >= 11 is 0. The number of aryl methyl sites for hydroxylation is 1. The Morgan fingerprint density at radius 1 is 1.05 bits per heavy atom. The zero-order valence-corrected chi connectivity index (χ0v) is 11.6. The highest BCUT2D eigenvalue weighted by molar-refractivity contribution is 5.66. The highest BCUT2D eigenvalue weighted by atomic mass is 19.4. The second kappa shape index (κ2) is 6.18. The minimum atomic E-state index is -4.36. The number of alkyl halides is 3. The molecule has 0 radical (unpaired) electrons. The molecule has 0 saturated carbocycles. The van der Waals surface area contributed by atoms with Crippen molar-refractivity contribution in [2.45, 2.75) is 19.6 Å². The van der Waals surface area contributed by atoms with Crippen LogP contribution < -0.4 is 10.5 Å². The molecule has 5 heteroatoms. The number of hydrogen-bond donors (Lipinski definition) is 1. The quantitative estimate of drug-likeness (QED) is 0.923. The first kappa shape index (κ1) is 15.4. The van der Waals surface area contributed by atoms with Gasteiger partial charge in [0.25, 0.3) is 0 Å². The number of hydrogen-bond acceptors (Lipinski definition) is 2. The van der Waals surface area contributed by atoms with E-state index in [2.05, 4.69) is 0 Å². The van der Waals surface area contributed by atoms with Crippen molar-refractivity contribution in [3.8, 4) is 16.9 Å². The lowest BCUT2D eigenvalue weighted by Crippen LogP contribution is -2.20. The first-order chi connectivity index (χ1) is 9.89. The van der Waals surface area contributed by atoms with E-state index >= 15 is 0 Å². The predicted molar refractivity (Wildman–Crippen MR) is 76.1 cm³/mol. The molecule has 21 heavy (non-hydrogen) atoms. The Labute approximate surface area is 121 Å². The van der Waals surface area contributed by atoms with Crippen LogP contribution in [0.4, 0.5) is 13.2 Å². The van der Waals surface area contributed by atoms with Crippen LogP contribution in [0.5, 0.6) is 5.75 Å². The first-order valence-electron chi connectivity index (χ1n) is 6.48. The monoisotopic (exact) mass is 295 g/mol. The largest absolute Gasteiger partial charge is 0.484 e. The maximum absolute atomic E-state index is 12.2. The molecular formula is C16H16F3NO. The Kier molecular flexibility index (Phi) is 4.53. The maximum Gasteiger partial charge on any atom is 0.422 e. The van der Waals surface area contributed by atoms with Crippen LogP contribution in [0.15, 0.2) is 42.5 Å². The van der Waals surface area contributed by atoms with E-state index in [9.17, 15) is 13.2 Å². The molecule has 0 aromatic heterocycles. The lowest BCUT2D eigenvalue weighted by molar-refractivity contribution is -0.153. The number of halogens is 3. The molecule has 0 unspecified atom stereocenters. The van der Waals surface area contributed by atoms with Crippen LogP contribution in [0.1, 0.15) is 11.1 Å². The van der Waals surface area contributed by atoms with E-state index in [4.69, 9.17) is 10.5 Å². The second-order valence-electron chi connectivity index (χ2n) is 4.80. The molecule has 0 aliphatic heterocycles. The van der Waals surface area contributed by atoms with Crippen molar-refractivity contribution in [3.05, 3.63) is 53.6 Å². The number of ether oxygens (including phenoxy) is 1. The average Bonchev–Trinajstić information content (AvgIpc) is 2.44. The third-order valence-electron chi connectivity index (χ3n) is 3.02. The van der Waals surface area contributed by atoms with Gasteiger partial charge in [0.1, 0.15) is 5.75 Å². The Hall–Kier alpha value is -2.01. The van der Waals surface area contributed by atoms with Gasteiger partial charge in [0.05, 0.1) is 0 Å². The SMILES string of the molecule is Cc1cccc(-c2ccc(OCC(F)(F)F)c(CN)c2)c1. The van der Waals surface area contributed by atoms with Crippen molar-refractivity contribution in [1.29, 1.82) is 0 Å². The summed E-state index contributed by atoms with van der Waals surface area (Å²) in [5.41, 5.74) is 9.16. The third kappa shape index (κ3) is 4.23. The fourth-order valence-corrected chi connectivity index (χ4v) is 2.04. The fraction of sp³-hybridized carbons (Fsp3) is 0.250. The summed E-state index contributed by atoms with van der Waals surface area (Å²) in [7, 11) is 0. The number of benzene rings is 2. The van der Waals surface area contributed by atoms with Crippen molar-refractivity contribution >= 4 is 0 Å². The van der Waals surface area contributed by atoms with Crippen molar-refractivity contribution < 1.29 is 17.9 Å². The minimum absolute atomic E-state index is 0.118. The smallest absolute Gasteiger partial charge is 0.422 e. The maximum atomic E-state index is 12.2. The summed E-state index contributed by atoms with van der Waals surface area (Å²) in [6.45, 7) is 0.783. The van der Waals surface area contributed by atoms with Crippen LogP contribution in [-0.2, 0) is 6.54 Å². The average molecular weight is 295 g/mol. The summed E-state index contributed by atoms with van der Waals surface area (Å²) in [4.78, 5) is 0. The van der Waals surface area contributed by atoms with Gasteiger partial charge in [0.15, 0.2) is 6.61 Å². The summed E-state index contributed by atoms with van der Waals surface area (Å²) < 4.78 is 41.4. The van der Waals surface area contributed by atoms with Crippen LogP contribution in [0.3, 0.4) is 0 Å². The normalized spacial score (nSPS) is 11.5. The van der Waals surface area contributed by atoms with Crippen LogP contribution in [0, 0.1) is 6.92 Å². The van der Waals surface area contributed by atoms with Gasteiger partial charge in [-0.3, -0.25) is 0 Å². The standard InChI is InChI=1S/C16H16F3NO/c1-11-3-2-4-12(7-11)13-5-6-15(14(8-13)9-20)21-10-16(17,18)19/h2-8H,9-10,20H2,1H3. The molecule has 0 spiro atoms. The first-order valence-corrected chi connectivity index (χ1v) is 6.48. The van der Waals surface area contributed by atoms with Crippen LogP contribution in [0.2, 0.25) is 0 Å². The van der Waals surface area contributed by atoms with Gasteiger partial charge >= 0.3 is 6.18 Å².